The maximum atomic E-state index is 13.0. The molecule has 1 aliphatic carbocycles. The maximum absolute atomic E-state index is 13.0. The van der Waals surface area contributed by atoms with Crippen molar-refractivity contribution in [3.05, 3.63) is 51.5 Å². The van der Waals surface area contributed by atoms with Crippen molar-refractivity contribution in [1.29, 1.82) is 0 Å². The van der Waals surface area contributed by atoms with Crippen molar-refractivity contribution >= 4 is 38.9 Å². The summed E-state index contributed by atoms with van der Waals surface area (Å²) in [6.07, 6.45) is 5.20. The molecule has 0 spiro atoms. The Balaban J connectivity index is 1.66. The number of hydrogen-bond acceptors (Lipinski definition) is 4. The van der Waals surface area contributed by atoms with Gasteiger partial charge in [-0.05, 0) is 81.1 Å². The normalized spacial score (nSPS) is 19.8. The summed E-state index contributed by atoms with van der Waals surface area (Å²) in [6, 6.07) is 8.41. The van der Waals surface area contributed by atoms with Crippen LogP contribution in [0.15, 0.2) is 35.2 Å². The minimum Gasteiger partial charge on any atom is -0.496 e. The third-order valence-corrected chi connectivity index (χ3v) is 7.60. The summed E-state index contributed by atoms with van der Waals surface area (Å²) in [5.74, 6) is 0.817. The van der Waals surface area contributed by atoms with Gasteiger partial charge in [0.1, 0.15) is 5.75 Å². The van der Waals surface area contributed by atoms with Gasteiger partial charge in [-0.1, -0.05) is 23.2 Å². The highest BCUT2D eigenvalue weighted by Crippen LogP contribution is 2.38. The first kappa shape index (κ1) is 20.8. The minimum absolute atomic E-state index is 0.0466. The van der Waals surface area contributed by atoms with Gasteiger partial charge in [0, 0.05) is 21.7 Å². The van der Waals surface area contributed by atoms with Crippen LogP contribution >= 0.6 is 23.2 Å². The molecule has 0 saturated carbocycles. The number of hydrogen-bond donors (Lipinski definition) is 1. The standard InChI is InChI=1S/C21H24Cl2N2O3S/c1-28-21-7-6-20(24-29(26,27)17-11-14(22)10-15(23)12-17)18-5-4-16(13-19(18)21)25-8-2-3-9-25/h6-7,10-12,16,24H,2-5,8-9,13H2,1H3. The largest absolute Gasteiger partial charge is 0.496 e. The van der Waals surface area contributed by atoms with E-state index in [1.54, 1.807) is 13.2 Å². The van der Waals surface area contributed by atoms with Crippen LogP contribution in [-0.2, 0) is 22.9 Å². The predicted molar refractivity (Wildman–Crippen MR) is 117 cm³/mol. The lowest BCUT2D eigenvalue weighted by Crippen LogP contribution is -2.37. The van der Waals surface area contributed by atoms with Crippen molar-refractivity contribution in [2.24, 2.45) is 0 Å². The SMILES string of the molecule is COc1ccc(NS(=O)(=O)c2cc(Cl)cc(Cl)c2)c2c1CC(N1CCCC1)CC2. The van der Waals surface area contributed by atoms with Gasteiger partial charge in [0.2, 0.25) is 0 Å². The zero-order chi connectivity index (χ0) is 20.6. The van der Waals surface area contributed by atoms with Crippen LogP contribution in [0.25, 0.3) is 0 Å². The van der Waals surface area contributed by atoms with Gasteiger partial charge in [-0.2, -0.15) is 0 Å². The third kappa shape index (κ3) is 4.36. The summed E-state index contributed by atoms with van der Waals surface area (Å²) in [6.45, 7) is 2.29. The van der Waals surface area contributed by atoms with Gasteiger partial charge in [-0.25, -0.2) is 8.42 Å². The molecule has 0 bridgehead atoms. The average Bonchev–Trinajstić information content (AvgIpc) is 3.22. The molecule has 5 nitrogen and oxygen atoms in total. The lowest BCUT2D eigenvalue weighted by Gasteiger charge is -2.33. The van der Waals surface area contributed by atoms with E-state index in [-0.39, 0.29) is 14.9 Å². The van der Waals surface area contributed by atoms with Gasteiger partial charge < -0.3 is 9.64 Å². The number of methoxy groups -OCH3 is 1. The number of fused-ring (bicyclic) bond motifs is 1. The molecular weight excluding hydrogens is 431 g/mol. The van der Waals surface area contributed by atoms with E-state index in [0.717, 1.165) is 49.2 Å². The second-order valence-electron chi connectivity index (χ2n) is 7.62. The molecule has 8 heteroatoms. The van der Waals surface area contributed by atoms with E-state index in [1.165, 1.54) is 31.0 Å². The molecule has 156 valence electrons. The molecule has 1 N–H and O–H groups in total. The molecule has 29 heavy (non-hydrogen) atoms. The van der Waals surface area contributed by atoms with Crippen LogP contribution in [0.1, 0.15) is 30.4 Å². The van der Waals surface area contributed by atoms with Crippen molar-refractivity contribution in [1.82, 2.24) is 4.90 Å². The number of anilines is 1. The number of nitrogens with zero attached hydrogens (tertiary/aromatic N) is 1. The summed E-state index contributed by atoms with van der Waals surface area (Å²) < 4.78 is 34.2. The summed E-state index contributed by atoms with van der Waals surface area (Å²) in [5.41, 5.74) is 2.70. The lowest BCUT2D eigenvalue weighted by atomic mass is 9.86. The molecule has 0 aromatic heterocycles. The molecular formula is C21H24Cl2N2O3S. The van der Waals surface area contributed by atoms with E-state index in [2.05, 4.69) is 9.62 Å². The highest BCUT2D eigenvalue weighted by Gasteiger charge is 2.30. The fourth-order valence-electron chi connectivity index (χ4n) is 4.42. The Morgan fingerprint density at radius 3 is 2.41 bits per heavy atom. The van der Waals surface area contributed by atoms with Gasteiger partial charge >= 0.3 is 0 Å². The molecule has 2 aromatic rings. The van der Waals surface area contributed by atoms with Crippen molar-refractivity contribution in [2.75, 3.05) is 24.9 Å². The highest BCUT2D eigenvalue weighted by atomic mass is 35.5. The number of sulfonamides is 1. The number of nitrogens with one attached hydrogen (secondary N) is 1. The van der Waals surface area contributed by atoms with Crippen LogP contribution in [0.5, 0.6) is 5.75 Å². The second-order valence-corrected chi connectivity index (χ2v) is 10.2. The minimum atomic E-state index is -3.81. The molecule has 2 aliphatic rings. The summed E-state index contributed by atoms with van der Waals surface area (Å²) in [4.78, 5) is 2.60. The fourth-order valence-corrected chi connectivity index (χ4v) is 6.24. The molecule has 0 radical (unpaired) electrons. The maximum Gasteiger partial charge on any atom is 0.262 e. The van der Waals surface area contributed by atoms with Gasteiger partial charge in [0.05, 0.1) is 17.7 Å². The van der Waals surface area contributed by atoms with Crippen LogP contribution in [0, 0.1) is 0 Å². The summed E-state index contributed by atoms with van der Waals surface area (Å²) >= 11 is 12.0. The van der Waals surface area contributed by atoms with E-state index < -0.39 is 10.0 Å². The monoisotopic (exact) mass is 454 g/mol. The third-order valence-electron chi connectivity index (χ3n) is 5.82. The molecule has 1 fully saturated rings. The number of rotatable bonds is 5. The molecule has 1 unspecified atom stereocenters. The Labute approximate surface area is 182 Å². The average molecular weight is 455 g/mol. The number of benzene rings is 2. The van der Waals surface area contributed by atoms with Crippen molar-refractivity contribution in [3.63, 3.8) is 0 Å². The Morgan fingerprint density at radius 2 is 1.76 bits per heavy atom. The zero-order valence-electron chi connectivity index (χ0n) is 16.2. The van der Waals surface area contributed by atoms with E-state index >= 15 is 0 Å². The lowest BCUT2D eigenvalue weighted by molar-refractivity contribution is 0.220. The molecule has 0 amide bonds. The molecule has 2 aromatic carbocycles. The van der Waals surface area contributed by atoms with Crippen molar-refractivity contribution in [2.45, 2.75) is 43.0 Å². The van der Waals surface area contributed by atoms with Crippen LogP contribution < -0.4 is 9.46 Å². The van der Waals surface area contributed by atoms with Crippen LogP contribution in [0.3, 0.4) is 0 Å². The topological polar surface area (TPSA) is 58.6 Å². The van der Waals surface area contributed by atoms with Crippen molar-refractivity contribution in [3.8, 4) is 5.75 Å². The van der Waals surface area contributed by atoms with Crippen LogP contribution in [-0.4, -0.2) is 39.6 Å². The second kappa shape index (κ2) is 8.34. The zero-order valence-corrected chi connectivity index (χ0v) is 18.6. The quantitative estimate of drug-likeness (QED) is 0.707. The Kier molecular flexibility index (Phi) is 5.98. The Bertz CT molecular complexity index is 1000. The summed E-state index contributed by atoms with van der Waals surface area (Å²) in [5, 5.41) is 0.561. The molecule has 1 atom stereocenters. The molecule has 1 heterocycles. The number of likely N-dealkylation sites (tertiary alicyclic amines) is 1. The molecule has 1 aliphatic heterocycles. The Morgan fingerprint density at radius 1 is 1.07 bits per heavy atom. The van der Waals surface area contributed by atoms with Crippen molar-refractivity contribution < 1.29 is 13.2 Å². The Hall–Kier alpha value is -1.47. The molecule has 1 saturated heterocycles. The van der Waals surface area contributed by atoms with Crippen LogP contribution in [0.2, 0.25) is 10.0 Å². The first-order chi connectivity index (χ1) is 13.9. The predicted octanol–water partition coefficient (Wildman–Crippen LogP) is 4.76. The van der Waals surface area contributed by atoms with Gasteiger partial charge in [-0.3, -0.25) is 4.72 Å². The van der Waals surface area contributed by atoms with Gasteiger partial charge in [0.25, 0.3) is 10.0 Å². The molecule has 4 rings (SSSR count). The number of halogens is 2. The van der Waals surface area contributed by atoms with E-state index in [0.29, 0.717) is 11.7 Å². The fraction of sp³-hybridized carbons (Fsp3) is 0.429. The van der Waals surface area contributed by atoms with Gasteiger partial charge in [-0.15, -0.1) is 0 Å². The van der Waals surface area contributed by atoms with E-state index in [4.69, 9.17) is 27.9 Å². The summed E-state index contributed by atoms with van der Waals surface area (Å²) in [7, 11) is -2.15. The first-order valence-electron chi connectivity index (χ1n) is 9.79. The highest BCUT2D eigenvalue weighted by molar-refractivity contribution is 7.92. The first-order valence-corrected chi connectivity index (χ1v) is 12.0. The van der Waals surface area contributed by atoms with Gasteiger partial charge in [0.15, 0.2) is 0 Å². The smallest absolute Gasteiger partial charge is 0.262 e. The van der Waals surface area contributed by atoms with E-state index in [9.17, 15) is 8.42 Å². The number of ether oxygens (including phenoxy) is 1. The van der Waals surface area contributed by atoms with Crippen LogP contribution in [0.4, 0.5) is 5.69 Å². The van der Waals surface area contributed by atoms with E-state index in [1.807, 2.05) is 6.07 Å².